The Balaban J connectivity index is 2.54. The van der Waals surface area contributed by atoms with Crippen LogP contribution in [0.15, 0.2) is 15.8 Å². The van der Waals surface area contributed by atoms with Crippen LogP contribution in [-0.4, -0.2) is 19.9 Å². The van der Waals surface area contributed by atoms with Crippen molar-refractivity contribution in [3.05, 3.63) is 38.2 Å². The van der Waals surface area contributed by atoms with E-state index in [1.165, 1.54) is 17.8 Å². The number of ketones is 1. The van der Waals surface area contributed by atoms with Gasteiger partial charge in [0.25, 0.3) is 5.56 Å². The quantitative estimate of drug-likeness (QED) is 0.696. The third kappa shape index (κ3) is 1.57. The van der Waals surface area contributed by atoms with Crippen LogP contribution in [0.4, 0.5) is 0 Å². The molecule has 0 fully saturated rings. The number of carbonyl (C=O) groups excluding carboxylic acids is 1. The number of aromatic nitrogens is 3. The van der Waals surface area contributed by atoms with Gasteiger partial charge in [-0.25, -0.2) is 9.78 Å². The van der Waals surface area contributed by atoms with E-state index in [0.717, 1.165) is 10.1 Å². The van der Waals surface area contributed by atoms with Crippen LogP contribution in [0, 0.1) is 5.92 Å². The van der Waals surface area contributed by atoms with Crippen molar-refractivity contribution < 1.29 is 4.79 Å². The van der Waals surface area contributed by atoms with Crippen LogP contribution in [0.2, 0.25) is 0 Å². The van der Waals surface area contributed by atoms with Gasteiger partial charge in [0.1, 0.15) is 5.65 Å². The van der Waals surface area contributed by atoms with Crippen LogP contribution < -0.4 is 11.2 Å². The molecule has 104 valence electrons. The fraction of sp³-hybridized carbons (Fsp3) is 0.429. The molecule has 0 N–H and O–H groups in total. The van der Waals surface area contributed by atoms with E-state index in [-0.39, 0.29) is 17.3 Å². The molecule has 6 nitrogen and oxygen atoms in total. The Bertz CT molecular complexity index is 861. The summed E-state index contributed by atoms with van der Waals surface area (Å²) < 4.78 is 2.41. The second kappa shape index (κ2) is 4.13. The minimum atomic E-state index is -0.412. The smallest absolute Gasteiger partial charge is 0.294 e. The van der Waals surface area contributed by atoms with Crippen molar-refractivity contribution in [1.29, 1.82) is 0 Å². The number of nitrogens with zero attached hydrogens (tertiary/aromatic N) is 3. The highest BCUT2D eigenvalue weighted by Gasteiger charge is 2.27. The Hall–Kier alpha value is -2.24. The highest BCUT2D eigenvalue weighted by molar-refractivity contribution is 6.02. The Morgan fingerprint density at radius 3 is 2.55 bits per heavy atom. The SMILES string of the molecule is C[C@H]1CC(=O)c2cnc3c(c2C1)c(=O)n(C)c(=O)n3C. The minimum Gasteiger partial charge on any atom is -0.294 e. The molecule has 0 unspecified atom stereocenters. The summed E-state index contributed by atoms with van der Waals surface area (Å²) >= 11 is 0. The van der Waals surface area contributed by atoms with Crippen molar-refractivity contribution in [2.24, 2.45) is 20.0 Å². The maximum absolute atomic E-state index is 12.4. The topological polar surface area (TPSA) is 74.0 Å². The van der Waals surface area contributed by atoms with Gasteiger partial charge in [-0.2, -0.15) is 0 Å². The van der Waals surface area contributed by atoms with Gasteiger partial charge in [0.15, 0.2) is 5.78 Å². The average molecular weight is 273 g/mol. The number of Topliss-reactive ketones (excluding diaryl/α,β-unsaturated/α-hetero) is 1. The van der Waals surface area contributed by atoms with E-state index in [4.69, 9.17) is 0 Å². The van der Waals surface area contributed by atoms with Gasteiger partial charge in [0.2, 0.25) is 0 Å². The molecule has 0 amide bonds. The maximum atomic E-state index is 12.4. The highest BCUT2D eigenvalue weighted by atomic mass is 16.2. The van der Waals surface area contributed by atoms with Gasteiger partial charge in [0.05, 0.1) is 5.39 Å². The van der Waals surface area contributed by atoms with E-state index < -0.39 is 5.69 Å². The van der Waals surface area contributed by atoms with E-state index in [2.05, 4.69) is 4.98 Å². The number of aryl methyl sites for hydroxylation is 1. The lowest BCUT2D eigenvalue weighted by Crippen LogP contribution is -2.38. The summed E-state index contributed by atoms with van der Waals surface area (Å²) in [5.41, 5.74) is 0.805. The first kappa shape index (κ1) is 12.8. The van der Waals surface area contributed by atoms with Crippen molar-refractivity contribution in [2.45, 2.75) is 19.8 Å². The molecule has 1 atom stereocenters. The summed E-state index contributed by atoms with van der Waals surface area (Å²) in [6.45, 7) is 1.99. The molecule has 20 heavy (non-hydrogen) atoms. The van der Waals surface area contributed by atoms with E-state index in [0.29, 0.717) is 29.4 Å². The number of rotatable bonds is 0. The molecule has 0 radical (unpaired) electrons. The molecule has 0 saturated heterocycles. The van der Waals surface area contributed by atoms with Crippen LogP contribution in [0.1, 0.15) is 29.3 Å². The monoisotopic (exact) mass is 273 g/mol. The molecule has 2 heterocycles. The highest BCUT2D eigenvalue weighted by Crippen LogP contribution is 2.28. The number of pyridine rings is 1. The molecule has 2 aromatic rings. The molecule has 1 aliphatic carbocycles. The van der Waals surface area contributed by atoms with E-state index in [1.807, 2.05) is 6.92 Å². The fourth-order valence-electron chi connectivity index (χ4n) is 2.89. The first-order valence-electron chi connectivity index (χ1n) is 6.52. The van der Waals surface area contributed by atoms with Gasteiger partial charge in [0, 0.05) is 32.3 Å². The molecule has 2 aromatic heterocycles. The summed E-state index contributed by atoms with van der Waals surface area (Å²) in [5.74, 6) is 0.214. The lowest BCUT2D eigenvalue weighted by Gasteiger charge is -2.21. The standard InChI is InChI=1S/C14H15N3O3/c1-7-4-8-9(10(18)5-7)6-15-12-11(8)13(19)17(3)14(20)16(12)2/h6-7H,4-5H2,1-3H3/t7-/m1/s1. The second-order valence-corrected chi connectivity index (χ2v) is 5.49. The third-order valence-corrected chi connectivity index (χ3v) is 3.96. The summed E-state index contributed by atoms with van der Waals surface area (Å²) in [6, 6.07) is 0. The maximum Gasteiger partial charge on any atom is 0.332 e. The Labute approximate surface area is 114 Å². The molecule has 0 saturated carbocycles. The molecular formula is C14H15N3O3. The minimum absolute atomic E-state index is 0.0176. The van der Waals surface area contributed by atoms with E-state index in [9.17, 15) is 14.4 Å². The molecule has 6 heteroatoms. The van der Waals surface area contributed by atoms with Crippen molar-refractivity contribution in [1.82, 2.24) is 14.1 Å². The molecule has 0 aromatic carbocycles. The lowest BCUT2D eigenvalue weighted by molar-refractivity contribution is 0.0953. The fourth-order valence-corrected chi connectivity index (χ4v) is 2.89. The van der Waals surface area contributed by atoms with E-state index >= 15 is 0 Å². The van der Waals surface area contributed by atoms with Gasteiger partial charge >= 0.3 is 5.69 Å². The zero-order chi connectivity index (χ0) is 14.6. The van der Waals surface area contributed by atoms with Crippen LogP contribution in [0.25, 0.3) is 11.0 Å². The summed E-state index contributed by atoms with van der Waals surface area (Å²) in [7, 11) is 3.02. The third-order valence-electron chi connectivity index (χ3n) is 3.96. The lowest BCUT2D eigenvalue weighted by atomic mass is 9.84. The summed E-state index contributed by atoms with van der Waals surface area (Å²) in [6.07, 6.45) is 2.63. The van der Waals surface area contributed by atoms with Crippen LogP contribution in [0.5, 0.6) is 0 Å². The molecule has 0 aliphatic heterocycles. The van der Waals surface area contributed by atoms with Gasteiger partial charge in [-0.1, -0.05) is 6.92 Å². The van der Waals surface area contributed by atoms with Crippen LogP contribution in [-0.2, 0) is 20.5 Å². The number of hydrogen-bond acceptors (Lipinski definition) is 4. The Morgan fingerprint density at radius 1 is 1.15 bits per heavy atom. The van der Waals surface area contributed by atoms with Crippen molar-refractivity contribution in [3.8, 4) is 0 Å². The zero-order valence-corrected chi connectivity index (χ0v) is 11.6. The van der Waals surface area contributed by atoms with Gasteiger partial charge in [-0.15, -0.1) is 0 Å². The van der Waals surface area contributed by atoms with Crippen LogP contribution in [0.3, 0.4) is 0 Å². The molecule has 0 bridgehead atoms. The predicted molar refractivity (Wildman–Crippen MR) is 74.0 cm³/mol. The molecule has 3 rings (SSSR count). The molecule has 0 spiro atoms. The normalized spacial score (nSPS) is 18.4. The zero-order valence-electron chi connectivity index (χ0n) is 11.6. The van der Waals surface area contributed by atoms with Crippen molar-refractivity contribution in [2.75, 3.05) is 0 Å². The Kier molecular flexibility index (Phi) is 2.64. The largest absolute Gasteiger partial charge is 0.332 e. The van der Waals surface area contributed by atoms with Gasteiger partial charge in [-0.3, -0.25) is 18.7 Å². The molecular weight excluding hydrogens is 258 g/mol. The van der Waals surface area contributed by atoms with Crippen molar-refractivity contribution in [3.63, 3.8) is 0 Å². The van der Waals surface area contributed by atoms with Gasteiger partial charge in [-0.05, 0) is 17.9 Å². The first-order chi connectivity index (χ1) is 9.41. The average Bonchev–Trinajstić information content (AvgIpc) is 2.41. The molecule has 1 aliphatic rings. The first-order valence-corrected chi connectivity index (χ1v) is 6.52. The van der Waals surface area contributed by atoms with E-state index in [1.54, 1.807) is 7.05 Å². The second-order valence-electron chi connectivity index (χ2n) is 5.49. The number of hydrogen-bond donors (Lipinski definition) is 0. The predicted octanol–water partition coefficient (Wildman–Crippen LogP) is 0.397. The van der Waals surface area contributed by atoms with Gasteiger partial charge < -0.3 is 0 Å². The summed E-state index contributed by atoms with van der Waals surface area (Å²) in [5, 5.41) is 0.395. The van der Waals surface area contributed by atoms with Crippen molar-refractivity contribution >= 4 is 16.8 Å². The number of fused-ring (bicyclic) bond motifs is 3. The summed E-state index contributed by atoms with van der Waals surface area (Å²) in [4.78, 5) is 40.5. The number of carbonyl (C=O) groups is 1. The van der Waals surface area contributed by atoms with Crippen LogP contribution >= 0.6 is 0 Å². The Morgan fingerprint density at radius 2 is 1.85 bits per heavy atom.